The lowest BCUT2D eigenvalue weighted by Crippen LogP contribution is -2.42. The van der Waals surface area contributed by atoms with Crippen LogP contribution >= 0.6 is 0 Å². The van der Waals surface area contributed by atoms with Crippen LogP contribution in [0.5, 0.6) is 11.6 Å². The molecular formula is C25H26N6O2. The fourth-order valence-electron chi connectivity index (χ4n) is 4.14. The van der Waals surface area contributed by atoms with Gasteiger partial charge in [-0.3, -0.25) is 9.78 Å². The van der Waals surface area contributed by atoms with Gasteiger partial charge in [-0.2, -0.15) is 10.4 Å². The molecule has 1 aromatic carbocycles. The Balaban J connectivity index is 1.46. The molecule has 1 amide bonds. The van der Waals surface area contributed by atoms with Crippen molar-refractivity contribution in [2.75, 3.05) is 13.1 Å². The summed E-state index contributed by atoms with van der Waals surface area (Å²) in [7, 11) is 1.84. The molecule has 0 spiro atoms. The number of aromatic nitrogens is 3. The van der Waals surface area contributed by atoms with Crippen molar-refractivity contribution < 1.29 is 9.53 Å². The van der Waals surface area contributed by atoms with Gasteiger partial charge >= 0.3 is 0 Å². The Morgan fingerprint density at radius 2 is 1.94 bits per heavy atom. The van der Waals surface area contributed by atoms with Crippen LogP contribution in [0.25, 0.3) is 11.3 Å². The van der Waals surface area contributed by atoms with Crippen molar-refractivity contribution in [3.8, 4) is 29.0 Å². The lowest BCUT2D eigenvalue weighted by molar-refractivity contribution is 0.0714. The maximum Gasteiger partial charge on any atom is 0.253 e. The number of benzene rings is 1. The van der Waals surface area contributed by atoms with Crippen LogP contribution in [0.1, 0.15) is 53.2 Å². The molecule has 3 aromatic rings. The Kier molecular flexibility index (Phi) is 5.56. The Morgan fingerprint density at radius 1 is 1.15 bits per heavy atom. The minimum Gasteiger partial charge on any atom is -0.439 e. The molecule has 168 valence electrons. The van der Waals surface area contributed by atoms with Crippen molar-refractivity contribution in [2.24, 2.45) is 12.8 Å². The van der Waals surface area contributed by atoms with Crippen LogP contribution in [0.2, 0.25) is 0 Å². The van der Waals surface area contributed by atoms with Gasteiger partial charge in [0.15, 0.2) is 0 Å². The Bertz CT molecular complexity index is 1230. The zero-order chi connectivity index (χ0) is 22.9. The number of pyridine rings is 1. The molecule has 0 bridgehead atoms. The van der Waals surface area contributed by atoms with E-state index in [1.807, 2.05) is 24.1 Å². The molecule has 8 nitrogen and oxygen atoms in total. The molecular weight excluding hydrogens is 416 g/mol. The molecule has 0 atom stereocenters. The Labute approximate surface area is 192 Å². The molecule has 0 radical (unpaired) electrons. The summed E-state index contributed by atoms with van der Waals surface area (Å²) in [5.74, 6) is 1.58. The summed E-state index contributed by atoms with van der Waals surface area (Å²) in [5.41, 5.74) is 9.38. The van der Waals surface area contributed by atoms with E-state index < -0.39 is 0 Å². The minimum atomic E-state index is -0.0256. The fraction of sp³-hybridized carbons (Fsp3) is 0.360. The number of nitriles is 1. The Morgan fingerprint density at radius 3 is 2.67 bits per heavy atom. The van der Waals surface area contributed by atoms with E-state index in [2.05, 4.69) is 16.2 Å². The summed E-state index contributed by atoms with van der Waals surface area (Å²) in [6.45, 7) is 1.32. The predicted molar refractivity (Wildman–Crippen MR) is 123 cm³/mol. The molecule has 1 saturated carbocycles. The highest BCUT2D eigenvalue weighted by Crippen LogP contribution is 2.41. The van der Waals surface area contributed by atoms with Crippen molar-refractivity contribution in [3.05, 3.63) is 59.4 Å². The van der Waals surface area contributed by atoms with Crippen LogP contribution in [0, 0.1) is 11.3 Å². The second-order valence-corrected chi connectivity index (χ2v) is 8.79. The molecule has 1 aliphatic heterocycles. The van der Waals surface area contributed by atoms with E-state index in [9.17, 15) is 10.1 Å². The van der Waals surface area contributed by atoms with E-state index in [1.54, 1.807) is 35.1 Å². The summed E-state index contributed by atoms with van der Waals surface area (Å²) in [6, 6.07) is 13.0. The normalized spacial score (nSPS) is 16.5. The van der Waals surface area contributed by atoms with E-state index in [0.29, 0.717) is 53.0 Å². The summed E-state index contributed by atoms with van der Waals surface area (Å²) < 4.78 is 7.94. The van der Waals surface area contributed by atoms with E-state index in [0.717, 1.165) is 31.4 Å². The van der Waals surface area contributed by atoms with E-state index in [-0.39, 0.29) is 11.9 Å². The molecule has 2 N–H and O–H groups in total. The van der Waals surface area contributed by atoms with Gasteiger partial charge < -0.3 is 15.4 Å². The van der Waals surface area contributed by atoms with Crippen molar-refractivity contribution in [2.45, 2.75) is 37.6 Å². The number of amides is 1. The fourth-order valence-corrected chi connectivity index (χ4v) is 4.14. The maximum atomic E-state index is 13.1. The van der Waals surface area contributed by atoms with Crippen LogP contribution in [0.3, 0.4) is 0 Å². The van der Waals surface area contributed by atoms with Gasteiger partial charge in [0, 0.05) is 55.5 Å². The Hall–Kier alpha value is -3.70. The first kappa shape index (κ1) is 21.2. The molecule has 1 saturated heterocycles. The largest absolute Gasteiger partial charge is 0.439 e. The SMILES string of the molecule is Cn1nc(C2CC2)cc1Oc1cc(C#N)ccc1-c1cc(C(=O)N2CCC(N)CC2)ccn1. The summed E-state index contributed by atoms with van der Waals surface area (Å²) >= 11 is 0. The van der Waals surface area contributed by atoms with Gasteiger partial charge in [-0.15, -0.1) is 0 Å². The summed E-state index contributed by atoms with van der Waals surface area (Å²) in [5, 5.41) is 14.0. The molecule has 1 aliphatic carbocycles. The molecule has 33 heavy (non-hydrogen) atoms. The van der Waals surface area contributed by atoms with Gasteiger partial charge in [-0.05, 0) is 56.0 Å². The summed E-state index contributed by atoms with van der Waals surface area (Å²) in [4.78, 5) is 19.4. The third-order valence-corrected chi connectivity index (χ3v) is 6.29. The van der Waals surface area contributed by atoms with Gasteiger partial charge in [0.1, 0.15) is 5.75 Å². The second-order valence-electron chi connectivity index (χ2n) is 8.79. The van der Waals surface area contributed by atoms with Gasteiger partial charge in [0.05, 0.1) is 23.0 Å². The predicted octanol–water partition coefficient (Wildman–Crippen LogP) is 3.59. The molecule has 0 unspecified atom stereocenters. The molecule has 2 aromatic heterocycles. The van der Waals surface area contributed by atoms with E-state index >= 15 is 0 Å². The minimum absolute atomic E-state index is 0.0256. The highest BCUT2D eigenvalue weighted by Gasteiger charge is 2.28. The first-order valence-corrected chi connectivity index (χ1v) is 11.3. The standard InChI is InChI=1S/C25H26N6O2/c1-30-24(14-21(29-30)17-3-4-17)33-23-12-16(15-26)2-5-20(23)22-13-18(6-9-28-22)25(32)31-10-7-19(27)8-11-31/h2,5-6,9,12-14,17,19H,3-4,7-8,10-11,27H2,1H3. The zero-order valence-corrected chi connectivity index (χ0v) is 18.6. The van der Waals surface area contributed by atoms with E-state index in [4.69, 9.17) is 10.5 Å². The maximum absolute atomic E-state index is 13.1. The van der Waals surface area contributed by atoms with Crippen molar-refractivity contribution in [3.63, 3.8) is 0 Å². The quantitative estimate of drug-likeness (QED) is 0.647. The molecule has 2 fully saturated rings. The summed E-state index contributed by atoms with van der Waals surface area (Å²) in [6.07, 6.45) is 5.56. The van der Waals surface area contributed by atoms with Gasteiger partial charge in [-0.1, -0.05) is 0 Å². The van der Waals surface area contributed by atoms with Crippen molar-refractivity contribution in [1.82, 2.24) is 19.7 Å². The molecule has 8 heteroatoms. The zero-order valence-electron chi connectivity index (χ0n) is 18.6. The van der Waals surface area contributed by atoms with E-state index in [1.165, 1.54) is 0 Å². The van der Waals surface area contributed by atoms with Gasteiger partial charge in [0.2, 0.25) is 5.88 Å². The topological polar surface area (TPSA) is 110 Å². The van der Waals surface area contributed by atoms with Crippen LogP contribution < -0.4 is 10.5 Å². The highest BCUT2D eigenvalue weighted by molar-refractivity contribution is 5.95. The third-order valence-electron chi connectivity index (χ3n) is 6.29. The van der Waals surface area contributed by atoms with Crippen LogP contribution in [0.15, 0.2) is 42.6 Å². The number of piperidine rings is 1. The number of ether oxygens (including phenoxy) is 1. The number of carbonyl (C=O) groups is 1. The van der Waals surface area contributed by atoms with Crippen LogP contribution in [0.4, 0.5) is 0 Å². The monoisotopic (exact) mass is 442 g/mol. The molecule has 3 heterocycles. The van der Waals surface area contributed by atoms with Crippen molar-refractivity contribution in [1.29, 1.82) is 5.26 Å². The van der Waals surface area contributed by atoms with Gasteiger partial charge in [-0.25, -0.2) is 4.68 Å². The lowest BCUT2D eigenvalue weighted by atomic mass is 10.0. The van der Waals surface area contributed by atoms with Crippen LogP contribution in [-0.2, 0) is 7.05 Å². The number of aryl methyl sites for hydroxylation is 1. The second kappa shape index (κ2) is 8.68. The molecule has 5 rings (SSSR count). The number of rotatable bonds is 5. The van der Waals surface area contributed by atoms with Crippen molar-refractivity contribution >= 4 is 5.91 Å². The third kappa shape index (κ3) is 4.45. The smallest absolute Gasteiger partial charge is 0.253 e. The number of likely N-dealkylation sites (tertiary alicyclic amines) is 1. The lowest BCUT2D eigenvalue weighted by Gasteiger charge is -2.30. The number of hydrogen-bond acceptors (Lipinski definition) is 6. The number of nitrogens with zero attached hydrogens (tertiary/aromatic N) is 5. The number of nitrogens with two attached hydrogens (primary N) is 1. The number of hydrogen-bond donors (Lipinski definition) is 1. The van der Waals surface area contributed by atoms with Gasteiger partial charge in [0.25, 0.3) is 5.91 Å². The number of carbonyl (C=O) groups excluding carboxylic acids is 1. The molecule has 2 aliphatic rings. The van der Waals surface area contributed by atoms with Crippen LogP contribution in [-0.4, -0.2) is 44.7 Å². The average molecular weight is 443 g/mol. The average Bonchev–Trinajstić information content (AvgIpc) is 3.63. The first-order valence-electron chi connectivity index (χ1n) is 11.3. The first-order chi connectivity index (χ1) is 16.0. The highest BCUT2D eigenvalue weighted by atomic mass is 16.5.